The van der Waals surface area contributed by atoms with Gasteiger partial charge in [0.2, 0.25) is 11.8 Å². The van der Waals surface area contributed by atoms with Gasteiger partial charge in [0.25, 0.3) is 5.56 Å². The van der Waals surface area contributed by atoms with Gasteiger partial charge < -0.3 is 15.8 Å². The highest BCUT2D eigenvalue weighted by atomic mass is 16.5. The number of para-hydroxylation sites is 1. The highest BCUT2D eigenvalue weighted by molar-refractivity contribution is 5.94. The van der Waals surface area contributed by atoms with Gasteiger partial charge in [0.15, 0.2) is 0 Å². The van der Waals surface area contributed by atoms with E-state index in [1.807, 2.05) is 73.7 Å². The van der Waals surface area contributed by atoms with E-state index in [-0.39, 0.29) is 11.5 Å². The summed E-state index contributed by atoms with van der Waals surface area (Å²) < 4.78 is 6.97. The summed E-state index contributed by atoms with van der Waals surface area (Å²) in [6.45, 7) is 1.93. The SMILES string of the molecule is COc1cc(-c2cccc3nc([C@@H](C)Nc4nc(N)ncc4-c4ccncc4)n(-c4ccccc4)c(=O)c23)ccn1. The Labute approximate surface area is 235 Å². The number of nitrogens with two attached hydrogens (primary N) is 1. The fraction of sp³-hybridized carbons (Fsp3) is 0.0968. The number of nitrogens with zero attached hydrogens (tertiary/aromatic N) is 6. The van der Waals surface area contributed by atoms with Gasteiger partial charge in [0, 0.05) is 36.4 Å². The number of aromatic nitrogens is 6. The van der Waals surface area contributed by atoms with Crippen molar-refractivity contribution >= 4 is 22.7 Å². The molecule has 0 spiro atoms. The van der Waals surface area contributed by atoms with Crippen molar-refractivity contribution in [1.29, 1.82) is 0 Å². The Morgan fingerprint density at radius 1 is 0.878 bits per heavy atom. The van der Waals surface area contributed by atoms with E-state index in [0.717, 1.165) is 22.3 Å². The van der Waals surface area contributed by atoms with Gasteiger partial charge in [-0.3, -0.25) is 14.3 Å². The van der Waals surface area contributed by atoms with Crippen LogP contribution in [0.4, 0.5) is 11.8 Å². The van der Waals surface area contributed by atoms with Crippen LogP contribution >= 0.6 is 0 Å². The minimum absolute atomic E-state index is 0.127. The van der Waals surface area contributed by atoms with E-state index in [4.69, 9.17) is 15.5 Å². The van der Waals surface area contributed by atoms with Crippen molar-refractivity contribution < 1.29 is 4.74 Å². The van der Waals surface area contributed by atoms with Gasteiger partial charge in [-0.2, -0.15) is 4.98 Å². The largest absolute Gasteiger partial charge is 0.481 e. The Balaban J connectivity index is 1.54. The number of hydrogen-bond acceptors (Lipinski definition) is 9. The molecule has 6 rings (SSSR count). The first-order valence-electron chi connectivity index (χ1n) is 12.9. The van der Waals surface area contributed by atoms with Crippen LogP contribution < -0.4 is 21.3 Å². The lowest BCUT2D eigenvalue weighted by Gasteiger charge is -2.22. The Kier molecular flexibility index (Phi) is 6.78. The van der Waals surface area contributed by atoms with Crippen molar-refractivity contribution in [3.63, 3.8) is 0 Å². The zero-order chi connectivity index (χ0) is 28.3. The van der Waals surface area contributed by atoms with Crippen LogP contribution in [0.1, 0.15) is 18.8 Å². The first-order chi connectivity index (χ1) is 20.0. The zero-order valence-corrected chi connectivity index (χ0v) is 22.4. The van der Waals surface area contributed by atoms with Crippen LogP contribution in [0.15, 0.2) is 102 Å². The van der Waals surface area contributed by atoms with E-state index < -0.39 is 6.04 Å². The third kappa shape index (κ3) is 4.94. The third-order valence-corrected chi connectivity index (χ3v) is 6.73. The summed E-state index contributed by atoms with van der Waals surface area (Å²) in [4.78, 5) is 36.4. The maximum absolute atomic E-state index is 14.4. The van der Waals surface area contributed by atoms with Gasteiger partial charge in [-0.1, -0.05) is 30.3 Å². The van der Waals surface area contributed by atoms with Gasteiger partial charge >= 0.3 is 0 Å². The average molecular weight is 543 g/mol. The summed E-state index contributed by atoms with van der Waals surface area (Å²) >= 11 is 0. The third-order valence-electron chi connectivity index (χ3n) is 6.73. The Morgan fingerprint density at radius 2 is 1.66 bits per heavy atom. The minimum Gasteiger partial charge on any atom is -0.481 e. The van der Waals surface area contributed by atoms with Gasteiger partial charge in [0.1, 0.15) is 11.6 Å². The molecule has 0 saturated heterocycles. The highest BCUT2D eigenvalue weighted by Crippen LogP contribution is 2.31. The quantitative estimate of drug-likeness (QED) is 0.284. The number of fused-ring (bicyclic) bond motifs is 1. The summed E-state index contributed by atoms with van der Waals surface area (Å²) in [6.07, 6.45) is 6.73. The van der Waals surface area contributed by atoms with Crippen LogP contribution in [0, 0.1) is 0 Å². The second-order valence-corrected chi connectivity index (χ2v) is 9.33. The normalized spacial score (nSPS) is 11.8. The molecule has 0 unspecified atom stereocenters. The number of benzene rings is 2. The molecule has 10 heteroatoms. The lowest BCUT2D eigenvalue weighted by Crippen LogP contribution is -2.28. The monoisotopic (exact) mass is 542 g/mol. The van der Waals surface area contributed by atoms with Gasteiger partial charge in [0.05, 0.1) is 29.7 Å². The second kappa shape index (κ2) is 10.9. The fourth-order valence-corrected chi connectivity index (χ4v) is 4.81. The van der Waals surface area contributed by atoms with Crippen LogP contribution in [0.5, 0.6) is 5.88 Å². The molecule has 4 aromatic heterocycles. The van der Waals surface area contributed by atoms with Crippen LogP contribution in [-0.4, -0.2) is 36.6 Å². The van der Waals surface area contributed by atoms with E-state index in [1.165, 1.54) is 0 Å². The first kappa shape index (κ1) is 25.6. The smallest absolute Gasteiger partial charge is 0.266 e. The van der Waals surface area contributed by atoms with Gasteiger partial charge in [-0.25, -0.2) is 15.0 Å². The Morgan fingerprint density at radius 3 is 2.44 bits per heavy atom. The average Bonchev–Trinajstić information content (AvgIpc) is 3.01. The first-order valence-corrected chi connectivity index (χ1v) is 12.9. The molecule has 0 saturated carbocycles. The molecule has 3 N–H and O–H groups in total. The van der Waals surface area contributed by atoms with Crippen LogP contribution in [-0.2, 0) is 0 Å². The number of methoxy groups -OCH3 is 1. The zero-order valence-electron chi connectivity index (χ0n) is 22.4. The van der Waals surface area contributed by atoms with Gasteiger partial charge in [-0.05, 0) is 60.0 Å². The maximum atomic E-state index is 14.4. The van der Waals surface area contributed by atoms with E-state index in [2.05, 4.69) is 25.3 Å². The number of nitrogens with one attached hydrogen (secondary N) is 1. The maximum Gasteiger partial charge on any atom is 0.266 e. The predicted octanol–water partition coefficient (Wildman–Crippen LogP) is 5.06. The van der Waals surface area contributed by atoms with Gasteiger partial charge in [-0.15, -0.1) is 0 Å². The number of rotatable bonds is 7. The fourth-order valence-electron chi connectivity index (χ4n) is 4.81. The van der Waals surface area contributed by atoms with Crippen LogP contribution in [0.25, 0.3) is 38.8 Å². The summed E-state index contributed by atoms with van der Waals surface area (Å²) in [6, 6.07) is 22.0. The number of hydrogen-bond donors (Lipinski definition) is 2. The molecule has 0 radical (unpaired) electrons. The van der Waals surface area contributed by atoms with Crippen molar-refractivity contribution in [1.82, 2.24) is 29.5 Å². The topological polar surface area (TPSA) is 134 Å². The molecule has 0 bridgehead atoms. The lowest BCUT2D eigenvalue weighted by molar-refractivity contribution is 0.398. The molecular weight excluding hydrogens is 516 g/mol. The molecule has 0 aliphatic carbocycles. The summed E-state index contributed by atoms with van der Waals surface area (Å²) in [5.74, 6) is 1.61. The molecule has 6 aromatic rings. The minimum atomic E-state index is -0.452. The van der Waals surface area contributed by atoms with Crippen molar-refractivity contribution in [2.24, 2.45) is 0 Å². The molecule has 0 aliphatic heterocycles. The Hall–Kier alpha value is -5.64. The standard InChI is InChI=1S/C31H26N8O2/c1-19(36-28-24(18-35-31(32)38-28)20-11-14-33-15-12-20)29-37-25-10-6-9-23(21-13-16-34-26(17-21)41-2)27(25)30(40)39(29)22-7-4-3-5-8-22/h3-19H,1-2H3,(H3,32,35,36,38)/t19-/m1/s1. The molecule has 1 atom stereocenters. The summed E-state index contributed by atoms with van der Waals surface area (Å²) in [5.41, 5.74) is 10.2. The molecule has 0 amide bonds. The number of pyridine rings is 2. The lowest BCUT2D eigenvalue weighted by atomic mass is 10.0. The number of nitrogen functional groups attached to an aromatic ring is 1. The van der Waals surface area contributed by atoms with E-state index in [1.54, 1.807) is 42.5 Å². The van der Waals surface area contributed by atoms with E-state index >= 15 is 0 Å². The van der Waals surface area contributed by atoms with Crippen molar-refractivity contribution in [2.75, 3.05) is 18.2 Å². The molecule has 4 heterocycles. The molecule has 202 valence electrons. The summed E-state index contributed by atoms with van der Waals surface area (Å²) in [7, 11) is 1.56. The molecule has 2 aromatic carbocycles. The summed E-state index contributed by atoms with van der Waals surface area (Å²) in [5, 5.41) is 3.92. The van der Waals surface area contributed by atoms with Crippen LogP contribution in [0.2, 0.25) is 0 Å². The molecule has 0 aliphatic rings. The van der Waals surface area contributed by atoms with Crippen LogP contribution in [0.3, 0.4) is 0 Å². The molecule has 41 heavy (non-hydrogen) atoms. The molecule has 0 fully saturated rings. The molecular formula is C31H26N8O2. The molecule has 10 nitrogen and oxygen atoms in total. The Bertz CT molecular complexity index is 1910. The van der Waals surface area contributed by atoms with E-state index in [0.29, 0.717) is 34.1 Å². The van der Waals surface area contributed by atoms with Crippen molar-refractivity contribution in [2.45, 2.75) is 13.0 Å². The second-order valence-electron chi connectivity index (χ2n) is 9.33. The number of ether oxygens (including phenoxy) is 1. The van der Waals surface area contributed by atoms with Crippen molar-refractivity contribution in [3.8, 4) is 33.8 Å². The van der Waals surface area contributed by atoms with Crippen molar-refractivity contribution in [3.05, 3.63) is 114 Å². The van der Waals surface area contributed by atoms with E-state index in [9.17, 15) is 4.79 Å². The predicted molar refractivity (Wildman–Crippen MR) is 159 cm³/mol. The highest BCUT2D eigenvalue weighted by Gasteiger charge is 2.22. The number of anilines is 2.